The van der Waals surface area contributed by atoms with Gasteiger partial charge in [-0.1, -0.05) is 0 Å². The zero-order valence-electron chi connectivity index (χ0n) is 9.76. The van der Waals surface area contributed by atoms with Crippen molar-refractivity contribution in [2.75, 3.05) is 6.54 Å². The fourth-order valence-corrected chi connectivity index (χ4v) is 1.40. The number of aromatic carboxylic acids is 1. The summed E-state index contributed by atoms with van der Waals surface area (Å²) in [6, 6.07) is 0. The molecule has 1 unspecified atom stereocenters. The second-order valence-electron chi connectivity index (χ2n) is 3.86. The van der Waals surface area contributed by atoms with E-state index in [4.69, 9.17) is 10.2 Å². The van der Waals surface area contributed by atoms with Crippen molar-refractivity contribution in [2.45, 2.75) is 32.4 Å². The summed E-state index contributed by atoms with van der Waals surface area (Å²) in [6.45, 7) is 2.85. The van der Waals surface area contributed by atoms with Crippen molar-refractivity contribution in [1.29, 1.82) is 0 Å². The van der Waals surface area contributed by atoms with E-state index in [1.54, 1.807) is 6.92 Å². The first-order chi connectivity index (χ1) is 8.11. The molecular formula is C11H17N3O3. The number of aliphatic hydroxyl groups is 1. The van der Waals surface area contributed by atoms with Crippen LogP contribution in [0.5, 0.6) is 0 Å². The number of hydrogen-bond donors (Lipinski definition) is 3. The molecule has 0 radical (unpaired) electrons. The Morgan fingerprint density at radius 2 is 2.35 bits per heavy atom. The van der Waals surface area contributed by atoms with Crippen molar-refractivity contribution < 1.29 is 15.0 Å². The summed E-state index contributed by atoms with van der Waals surface area (Å²) in [4.78, 5) is 18.5. The number of carboxylic acid groups (broad SMARTS) is 1. The van der Waals surface area contributed by atoms with Crippen LogP contribution in [0, 0.1) is 0 Å². The van der Waals surface area contributed by atoms with Gasteiger partial charge < -0.3 is 15.5 Å². The predicted molar refractivity (Wildman–Crippen MR) is 61.6 cm³/mol. The van der Waals surface area contributed by atoms with Gasteiger partial charge in [0.05, 0.1) is 11.8 Å². The van der Waals surface area contributed by atoms with Crippen molar-refractivity contribution in [3.63, 3.8) is 0 Å². The van der Waals surface area contributed by atoms with Gasteiger partial charge in [0, 0.05) is 12.7 Å². The summed E-state index contributed by atoms with van der Waals surface area (Å²) in [5, 5.41) is 21.0. The fraction of sp³-hybridized carbons (Fsp3) is 0.545. The molecule has 0 saturated heterocycles. The van der Waals surface area contributed by atoms with E-state index in [-0.39, 0.29) is 11.7 Å². The number of nitrogens with zero attached hydrogens (tertiary/aromatic N) is 2. The van der Waals surface area contributed by atoms with E-state index < -0.39 is 5.97 Å². The third-order valence-electron chi connectivity index (χ3n) is 2.29. The van der Waals surface area contributed by atoms with Gasteiger partial charge in [-0.3, -0.25) is 0 Å². The van der Waals surface area contributed by atoms with E-state index in [0.717, 1.165) is 12.8 Å². The van der Waals surface area contributed by atoms with E-state index in [2.05, 4.69) is 15.3 Å². The molecule has 0 spiro atoms. The minimum Gasteiger partial charge on any atom is -0.478 e. The fourth-order valence-electron chi connectivity index (χ4n) is 1.40. The van der Waals surface area contributed by atoms with Crippen LogP contribution in [0.15, 0.2) is 12.5 Å². The zero-order chi connectivity index (χ0) is 12.7. The molecule has 1 aromatic rings. The van der Waals surface area contributed by atoms with Crippen molar-refractivity contribution in [1.82, 2.24) is 15.3 Å². The molecule has 1 atom stereocenters. The van der Waals surface area contributed by atoms with E-state index >= 15 is 0 Å². The molecule has 0 aromatic carbocycles. The topological polar surface area (TPSA) is 95.3 Å². The molecule has 0 aliphatic rings. The largest absolute Gasteiger partial charge is 0.478 e. The summed E-state index contributed by atoms with van der Waals surface area (Å²) < 4.78 is 0. The Morgan fingerprint density at radius 3 is 3.00 bits per heavy atom. The number of aliphatic hydroxyl groups excluding tert-OH is 1. The van der Waals surface area contributed by atoms with Crippen LogP contribution in [0.1, 0.15) is 35.8 Å². The smallest absolute Gasteiger partial charge is 0.339 e. The molecule has 1 heterocycles. The lowest BCUT2D eigenvalue weighted by atomic mass is 10.2. The molecule has 6 heteroatoms. The first-order valence-corrected chi connectivity index (χ1v) is 5.52. The molecule has 0 aliphatic carbocycles. The van der Waals surface area contributed by atoms with Gasteiger partial charge in [0.15, 0.2) is 0 Å². The highest BCUT2D eigenvalue weighted by Crippen LogP contribution is 2.03. The van der Waals surface area contributed by atoms with Crippen molar-refractivity contribution >= 4 is 5.97 Å². The Hall–Kier alpha value is -1.53. The normalized spacial score (nSPS) is 12.4. The summed E-state index contributed by atoms with van der Waals surface area (Å²) in [6.07, 6.45) is 3.89. The summed E-state index contributed by atoms with van der Waals surface area (Å²) in [5.74, 6) is -1.02. The Bertz CT molecular complexity index is 369. The van der Waals surface area contributed by atoms with E-state index in [1.807, 2.05) is 0 Å². The molecule has 0 fully saturated rings. The number of hydrogen-bond acceptors (Lipinski definition) is 5. The SMILES string of the molecule is CC(O)CCCNCc1ncncc1C(=O)O. The first kappa shape index (κ1) is 13.5. The number of carboxylic acids is 1. The lowest BCUT2D eigenvalue weighted by Gasteiger charge is -2.07. The summed E-state index contributed by atoms with van der Waals surface area (Å²) in [5.41, 5.74) is 0.597. The maximum absolute atomic E-state index is 10.9. The van der Waals surface area contributed by atoms with Crippen molar-refractivity contribution in [3.05, 3.63) is 23.8 Å². The molecule has 1 aromatic heterocycles. The van der Waals surface area contributed by atoms with Crippen molar-refractivity contribution in [2.24, 2.45) is 0 Å². The van der Waals surface area contributed by atoms with Gasteiger partial charge in [-0.15, -0.1) is 0 Å². The quantitative estimate of drug-likeness (QED) is 0.597. The van der Waals surface area contributed by atoms with Gasteiger partial charge in [-0.05, 0) is 26.3 Å². The zero-order valence-corrected chi connectivity index (χ0v) is 9.76. The van der Waals surface area contributed by atoms with Crippen LogP contribution in [-0.2, 0) is 6.54 Å². The second-order valence-corrected chi connectivity index (χ2v) is 3.86. The second kappa shape index (κ2) is 6.93. The van der Waals surface area contributed by atoms with Crippen LogP contribution in [0.25, 0.3) is 0 Å². The van der Waals surface area contributed by atoms with E-state index in [0.29, 0.717) is 18.8 Å². The lowest BCUT2D eigenvalue weighted by Crippen LogP contribution is -2.19. The van der Waals surface area contributed by atoms with Gasteiger partial charge in [-0.25, -0.2) is 14.8 Å². The molecule has 1 rings (SSSR count). The third kappa shape index (κ3) is 4.88. The van der Waals surface area contributed by atoms with Gasteiger partial charge >= 0.3 is 5.97 Å². The third-order valence-corrected chi connectivity index (χ3v) is 2.29. The van der Waals surface area contributed by atoms with Crippen LogP contribution in [0.4, 0.5) is 0 Å². The molecule has 3 N–H and O–H groups in total. The van der Waals surface area contributed by atoms with Crippen LogP contribution in [-0.4, -0.2) is 38.8 Å². The van der Waals surface area contributed by atoms with E-state index in [1.165, 1.54) is 12.5 Å². The average molecular weight is 239 g/mol. The van der Waals surface area contributed by atoms with E-state index in [9.17, 15) is 4.79 Å². The van der Waals surface area contributed by atoms with Crippen LogP contribution >= 0.6 is 0 Å². The van der Waals surface area contributed by atoms with Crippen LogP contribution in [0.2, 0.25) is 0 Å². The molecule has 0 saturated carbocycles. The molecule has 0 bridgehead atoms. The Balaban J connectivity index is 2.39. The molecule has 0 aliphatic heterocycles. The Labute approximate surface area is 99.7 Å². The van der Waals surface area contributed by atoms with Gasteiger partial charge in [-0.2, -0.15) is 0 Å². The molecule has 0 amide bonds. The highest BCUT2D eigenvalue weighted by Gasteiger charge is 2.10. The highest BCUT2D eigenvalue weighted by molar-refractivity contribution is 5.88. The summed E-state index contributed by atoms with van der Waals surface area (Å²) in [7, 11) is 0. The Morgan fingerprint density at radius 1 is 1.59 bits per heavy atom. The summed E-state index contributed by atoms with van der Waals surface area (Å²) >= 11 is 0. The number of carbonyl (C=O) groups is 1. The maximum atomic E-state index is 10.9. The molecular weight excluding hydrogens is 222 g/mol. The standard InChI is InChI=1S/C11H17N3O3/c1-8(15)3-2-4-12-6-10-9(11(16)17)5-13-7-14-10/h5,7-8,12,15H,2-4,6H2,1H3,(H,16,17). The van der Waals surface area contributed by atoms with Gasteiger partial charge in [0.25, 0.3) is 0 Å². The minimum atomic E-state index is -1.02. The number of rotatable bonds is 7. The van der Waals surface area contributed by atoms with Gasteiger partial charge in [0.1, 0.15) is 11.9 Å². The minimum absolute atomic E-state index is 0.121. The molecule has 17 heavy (non-hydrogen) atoms. The van der Waals surface area contributed by atoms with Crippen LogP contribution < -0.4 is 5.32 Å². The molecule has 94 valence electrons. The maximum Gasteiger partial charge on any atom is 0.339 e. The van der Waals surface area contributed by atoms with Crippen molar-refractivity contribution in [3.8, 4) is 0 Å². The average Bonchev–Trinajstić information content (AvgIpc) is 2.28. The Kier molecular flexibility index (Phi) is 5.51. The number of aromatic nitrogens is 2. The molecule has 6 nitrogen and oxygen atoms in total. The monoisotopic (exact) mass is 239 g/mol. The van der Waals surface area contributed by atoms with Crippen LogP contribution in [0.3, 0.4) is 0 Å². The highest BCUT2D eigenvalue weighted by atomic mass is 16.4. The first-order valence-electron chi connectivity index (χ1n) is 5.52. The lowest BCUT2D eigenvalue weighted by molar-refractivity contribution is 0.0694. The van der Waals surface area contributed by atoms with Gasteiger partial charge in [0.2, 0.25) is 0 Å². The predicted octanol–water partition coefficient (Wildman–Crippen LogP) is 0.425. The number of nitrogens with one attached hydrogen (secondary N) is 1.